The van der Waals surface area contributed by atoms with Crippen LogP contribution in [0.5, 0.6) is 0 Å². The van der Waals surface area contributed by atoms with Crippen LogP contribution < -0.4 is 22.3 Å². The van der Waals surface area contributed by atoms with Gasteiger partial charge in [-0.3, -0.25) is 18.7 Å². The summed E-state index contributed by atoms with van der Waals surface area (Å²) in [5, 5.41) is 3.31. The van der Waals surface area contributed by atoms with E-state index in [0.29, 0.717) is 11.9 Å². The Morgan fingerprint density at radius 2 is 1.96 bits per heavy atom. The molecule has 25 heavy (non-hydrogen) atoms. The van der Waals surface area contributed by atoms with Gasteiger partial charge in [0.15, 0.2) is 0 Å². The molecule has 0 aliphatic heterocycles. The first kappa shape index (κ1) is 17.3. The number of rotatable bonds is 3. The molecule has 3 N–H and O–H groups in total. The number of pyridine rings is 1. The van der Waals surface area contributed by atoms with E-state index in [2.05, 4.69) is 10.3 Å². The molecule has 0 aromatic carbocycles. The molecule has 1 saturated carbocycles. The highest BCUT2D eigenvalue weighted by Crippen LogP contribution is 2.23. The maximum Gasteiger partial charge on any atom is 0.332 e. The van der Waals surface area contributed by atoms with E-state index in [1.807, 2.05) is 0 Å². The Morgan fingerprint density at radius 3 is 2.68 bits per heavy atom. The first-order valence-electron chi connectivity index (χ1n) is 8.51. The maximum absolute atomic E-state index is 12.6. The summed E-state index contributed by atoms with van der Waals surface area (Å²) in [4.78, 5) is 41.1. The third-order valence-electron chi connectivity index (χ3n) is 5.06. The number of aromatic nitrogens is 3. The topological polar surface area (TPSA) is 112 Å². The smallest absolute Gasteiger partial charge is 0.332 e. The van der Waals surface area contributed by atoms with Crippen LogP contribution in [0, 0.1) is 5.92 Å². The van der Waals surface area contributed by atoms with Crippen LogP contribution in [0.3, 0.4) is 0 Å². The van der Waals surface area contributed by atoms with Gasteiger partial charge in [-0.15, -0.1) is 0 Å². The van der Waals surface area contributed by atoms with E-state index in [0.717, 1.165) is 30.3 Å². The van der Waals surface area contributed by atoms with E-state index in [4.69, 9.17) is 5.73 Å². The third-order valence-corrected chi connectivity index (χ3v) is 5.06. The Hall–Kier alpha value is -2.48. The van der Waals surface area contributed by atoms with E-state index in [1.165, 1.54) is 24.7 Å². The van der Waals surface area contributed by atoms with E-state index in [-0.39, 0.29) is 29.2 Å². The molecule has 2 atom stereocenters. The second-order valence-electron chi connectivity index (χ2n) is 6.63. The molecule has 1 fully saturated rings. The molecule has 1 aliphatic carbocycles. The fraction of sp³-hybridized carbons (Fsp3) is 0.529. The minimum Gasteiger partial charge on any atom is -0.348 e. The van der Waals surface area contributed by atoms with Crippen molar-refractivity contribution in [1.29, 1.82) is 0 Å². The lowest BCUT2D eigenvalue weighted by Crippen LogP contribution is -2.45. The number of nitrogens with two attached hydrogens (primary N) is 1. The Morgan fingerprint density at radius 1 is 1.24 bits per heavy atom. The summed E-state index contributed by atoms with van der Waals surface area (Å²) in [5.41, 5.74) is 5.31. The molecular weight excluding hydrogens is 322 g/mol. The summed E-state index contributed by atoms with van der Waals surface area (Å²) in [5.74, 6) is -0.0322. The second-order valence-corrected chi connectivity index (χ2v) is 6.63. The molecule has 1 amide bonds. The van der Waals surface area contributed by atoms with Crippen molar-refractivity contribution in [1.82, 2.24) is 19.4 Å². The number of carbonyl (C=O) groups excluding carboxylic acids is 1. The Balaban J connectivity index is 1.95. The van der Waals surface area contributed by atoms with Crippen molar-refractivity contribution < 1.29 is 4.79 Å². The minimum atomic E-state index is -0.474. The molecular formula is C17H23N5O3. The van der Waals surface area contributed by atoms with Crippen molar-refractivity contribution in [2.24, 2.45) is 25.7 Å². The van der Waals surface area contributed by atoms with Crippen molar-refractivity contribution >= 4 is 16.9 Å². The third kappa shape index (κ3) is 3.09. The van der Waals surface area contributed by atoms with Crippen LogP contribution in [0.2, 0.25) is 0 Å². The highest BCUT2D eigenvalue weighted by Gasteiger charge is 2.26. The van der Waals surface area contributed by atoms with Crippen LogP contribution in [0.1, 0.15) is 36.2 Å². The number of aryl methyl sites for hydroxylation is 1. The van der Waals surface area contributed by atoms with Crippen LogP contribution in [0.25, 0.3) is 11.0 Å². The number of hydrogen-bond acceptors (Lipinski definition) is 5. The highest BCUT2D eigenvalue weighted by molar-refractivity contribution is 5.94. The summed E-state index contributed by atoms with van der Waals surface area (Å²) < 4.78 is 2.30. The van der Waals surface area contributed by atoms with Crippen LogP contribution >= 0.6 is 0 Å². The van der Waals surface area contributed by atoms with Gasteiger partial charge in [0, 0.05) is 20.1 Å². The Kier molecular flexibility index (Phi) is 4.71. The van der Waals surface area contributed by atoms with Gasteiger partial charge in [-0.2, -0.15) is 0 Å². The molecule has 2 aromatic rings. The predicted molar refractivity (Wildman–Crippen MR) is 94.5 cm³/mol. The number of amides is 1. The van der Waals surface area contributed by atoms with E-state index < -0.39 is 11.2 Å². The molecule has 134 valence electrons. The molecule has 0 spiro atoms. The van der Waals surface area contributed by atoms with Gasteiger partial charge in [0.2, 0.25) is 0 Å². The lowest BCUT2D eigenvalue weighted by Gasteiger charge is -2.31. The highest BCUT2D eigenvalue weighted by atomic mass is 16.2. The van der Waals surface area contributed by atoms with Gasteiger partial charge in [-0.25, -0.2) is 9.78 Å². The number of carbonyl (C=O) groups is 1. The largest absolute Gasteiger partial charge is 0.348 e. The fourth-order valence-corrected chi connectivity index (χ4v) is 3.50. The molecule has 3 rings (SSSR count). The van der Waals surface area contributed by atoms with Crippen molar-refractivity contribution in [3.63, 3.8) is 0 Å². The Bertz CT molecular complexity index is 930. The van der Waals surface area contributed by atoms with E-state index >= 15 is 0 Å². The van der Waals surface area contributed by atoms with Crippen LogP contribution in [0.4, 0.5) is 0 Å². The van der Waals surface area contributed by atoms with Crippen molar-refractivity contribution in [2.45, 2.75) is 31.7 Å². The SMILES string of the molecule is Cn1c(=O)c2ccc(C(=O)NC3CCCCC3CN)nc2n(C)c1=O. The number of fused-ring (bicyclic) bond motifs is 1. The molecule has 2 unspecified atom stereocenters. The zero-order chi connectivity index (χ0) is 18.1. The quantitative estimate of drug-likeness (QED) is 0.805. The average Bonchev–Trinajstić information content (AvgIpc) is 2.64. The predicted octanol–water partition coefficient (Wildman–Crippen LogP) is -0.120. The normalized spacial score (nSPS) is 20.6. The molecule has 8 nitrogen and oxygen atoms in total. The van der Waals surface area contributed by atoms with Gasteiger partial charge in [0.05, 0.1) is 5.39 Å². The molecule has 1 aliphatic rings. The van der Waals surface area contributed by atoms with Crippen LogP contribution in [0.15, 0.2) is 21.7 Å². The summed E-state index contributed by atoms with van der Waals surface area (Å²) in [6.45, 7) is 0.542. The van der Waals surface area contributed by atoms with Gasteiger partial charge in [0.1, 0.15) is 11.3 Å². The van der Waals surface area contributed by atoms with Gasteiger partial charge >= 0.3 is 5.69 Å². The number of nitrogens with zero attached hydrogens (tertiary/aromatic N) is 3. The van der Waals surface area contributed by atoms with Crippen molar-refractivity contribution in [3.8, 4) is 0 Å². The average molecular weight is 345 g/mol. The first-order chi connectivity index (χ1) is 11.9. The lowest BCUT2D eigenvalue weighted by atomic mass is 9.84. The van der Waals surface area contributed by atoms with E-state index in [1.54, 1.807) is 6.07 Å². The van der Waals surface area contributed by atoms with Gasteiger partial charge in [-0.1, -0.05) is 12.8 Å². The first-order valence-corrected chi connectivity index (χ1v) is 8.51. The monoisotopic (exact) mass is 345 g/mol. The maximum atomic E-state index is 12.6. The van der Waals surface area contributed by atoms with Crippen molar-refractivity contribution in [3.05, 3.63) is 38.7 Å². The lowest BCUT2D eigenvalue weighted by molar-refractivity contribution is 0.0903. The zero-order valence-corrected chi connectivity index (χ0v) is 14.5. The summed E-state index contributed by atoms with van der Waals surface area (Å²) >= 11 is 0. The van der Waals surface area contributed by atoms with Crippen molar-refractivity contribution in [2.75, 3.05) is 6.54 Å². The summed E-state index contributed by atoms with van der Waals surface area (Å²) in [7, 11) is 2.95. The molecule has 8 heteroatoms. The second kappa shape index (κ2) is 6.79. The zero-order valence-electron chi connectivity index (χ0n) is 14.5. The minimum absolute atomic E-state index is 0.0382. The fourth-order valence-electron chi connectivity index (χ4n) is 3.50. The summed E-state index contributed by atoms with van der Waals surface area (Å²) in [6.07, 6.45) is 4.11. The summed E-state index contributed by atoms with van der Waals surface area (Å²) in [6, 6.07) is 3.10. The molecule has 0 saturated heterocycles. The standard InChI is InChI=1S/C17H23N5O3/c1-21-14-11(16(24)22(2)17(21)25)7-8-13(19-14)15(23)20-12-6-4-3-5-10(12)9-18/h7-8,10,12H,3-6,9,18H2,1-2H3,(H,20,23). The molecule has 0 bridgehead atoms. The Labute approximate surface area is 144 Å². The van der Waals surface area contributed by atoms with Crippen LogP contribution in [-0.2, 0) is 14.1 Å². The molecule has 2 heterocycles. The van der Waals surface area contributed by atoms with Crippen LogP contribution in [-0.4, -0.2) is 32.6 Å². The van der Waals surface area contributed by atoms with Gasteiger partial charge < -0.3 is 11.1 Å². The van der Waals surface area contributed by atoms with Gasteiger partial charge in [0.25, 0.3) is 11.5 Å². The molecule has 2 aromatic heterocycles. The van der Waals surface area contributed by atoms with E-state index in [9.17, 15) is 14.4 Å². The number of hydrogen-bond donors (Lipinski definition) is 2. The molecule has 0 radical (unpaired) electrons. The number of nitrogens with one attached hydrogen (secondary N) is 1. The van der Waals surface area contributed by atoms with Gasteiger partial charge in [-0.05, 0) is 37.4 Å².